The second-order valence-electron chi connectivity index (χ2n) is 6.64. The van der Waals surface area contributed by atoms with Crippen molar-refractivity contribution in [1.29, 1.82) is 0 Å². The number of hydrogen-bond donors (Lipinski definition) is 1. The van der Waals surface area contributed by atoms with Gasteiger partial charge in [-0.1, -0.05) is 19.0 Å². The Morgan fingerprint density at radius 3 is 2.85 bits per heavy atom. The van der Waals surface area contributed by atoms with Crippen LogP contribution in [0.1, 0.15) is 48.9 Å². The Hall–Kier alpha value is -3.03. The van der Waals surface area contributed by atoms with Gasteiger partial charge in [-0.05, 0) is 37.5 Å². The van der Waals surface area contributed by atoms with E-state index in [0.29, 0.717) is 23.3 Å². The van der Waals surface area contributed by atoms with Crippen molar-refractivity contribution in [3.63, 3.8) is 0 Å². The second-order valence-corrected chi connectivity index (χ2v) is 6.64. The molecule has 0 aromatic carbocycles. The van der Waals surface area contributed by atoms with Gasteiger partial charge in [-0.2, -0.15) is 10.1 Å². The summed E-state index contributed by atoms with van der Waals surface area (Å²) in [5.74, 6) is 1.02. The van der Waals surface area contributed by atoms with E-state index in [2.05, 4.69) is 39.4 Å². The molecule has 0 fully saturated rings. The summed E-state index contributed by atoms with van der Waals surface area (Å²) in [6.07, 6.45) is 4.16. The maximum absolute atomic E-state index is 12.6. The molecule has 3 aromatic rings. The summed E-state index contributed by atoms with van der Waals surface area (Å²) in [6, 6.07) is 5.03. The average Bonchev–Trinajstić information content (AvgIpc) is 3.22. The lowest BCUT2D eigenvalue weighted by Crippen LogP contribution is -2.28. The minimum absolute atomic E-state index is 0.233. The monoisotopic (exact) mass is 354 g/mol. The van der Waals surface area contributed by atoms with Crippen LogP contribution in [0.5, 0.6) is 0 Å². The summed E-state index contributed by atoms with van der Waals surface area (Å²) in [6.45, 7) is 6.03. The molecule has 0 radical (unpaired) electrons. The van der Waals surface area contributed by atoms with Crippen LogP contribution < -0.4 is 5.32 Å². The first-order valence-corrected chi connectivity index (χ1v) is 8.52. The molecule has 0 saturated heterocycles. The van der Waals surface area contributed by atoms with E-state index < -0.39 is 6.04 Å². The summed E-state index contributed by atoms with van der Waals surface area (Å²) in [4.78, 5) is 20.9. The molecular formula is C18H22N6O2. The quantitative estimate of drug-likeness (QED) is 0.730. The molecule has 0 aliphatic heterocycles. The lowest BCUT2D eigenvalue weighted by atomic mass is 10.1. The molecule has 136 valence electrons. The highest BCUT2D eigenvalue weighted by atomic mass is 16.5. The van der Waals surface area contributed by atoms with Crippen molar-refractivity contribution in [3.05, 3.63) is 47.9 Å². The van der Waals surface area contributed by atoms with Crippen LogP contribution in [0.25, 0.3) is 11.4 Å². The minimum Gasteiger partial charge on any atom is -0.339 e. The van der Waals surface area contributed by atoms with E-state index in [0.717, 1.165) is 17.7 Å². The standard InChI is InChI=1S/C18H22N6O2/c1-11(2)8-14-9-15(24(4)22-14)17(25)20-12(3)18-21-16(23-26-18)13-6-5-7-19-10-13/h5-7,9-12H,8H2,1-4H3,(H,20,25). The van der Waals surface area contributed by atoms with Crippen LogP contribution in [-0.4, -0.2) is 30.8 Å². The molecule has 1 amide bonds. The first-order chi connectivity index (χ1) is 12.4. The van der Waals surface area contributed by atoms with Gasteiger partial charge in [0.2, 0.25) is 11.7 Å². The van der Waals surface area contributed by atoms with E-state index in [1.165, 1.54) is 0 Å². The second kappa shape index (κ2) is 7.47. The molecular weight excluding hydrogens is 332 g/mol. The fourth-order valence-corrected chi connectivity index (χ4v) is 2.61. The van der Waals surface area contributed by atoms with Gasteiger partial charge in [0.15, 0.2) is 0 Å². The lowest BCUT2D eigenvalue weighted by Gasteiger charge is -2.09. The average molecular weight is 354 g/mol. The molecule has 0 aliphatic rings. The van der Waals surface area contributed by atoms with Crippen molar-refractivity contribution in [1.82, 2.24) is 30.2 Å². The first-order valence-electron chi connectivity index (χ1n) is 8.52. The molecule has 0 saturated carbocycles. The zero-order chi connectivity index (χ0) is 18.7. The number of nitrogens with zero attached hydrogens (tertiary/aromatic N) is 5. The Labute approximate surface area is 151 Å². The van der Waals surface area contributed by atoms with Gasteiger partial charge in [-0.25, -0.2) is 0 Å². The highest BCUT2D eigenvalue weighted by molar-refractivity contribution is 5.92. The fraction of sp³-hybridized carbons (Fsp3) is 0.389. The molecule has 0 bridgehead atoms. The Morgan fingerprint density at radius 2 is 2.15 bits per heavy atom. The van der Waals surface area contributed by atoms with E-state index in [9.17, 15) is 4.79 Å². The third-order valence-electron chi connectivity index (χ3n) is 3.86. The Balaban J connectivity index is 1.70. The molecule has 0 spiro atoms. The number of aromatic nitrogens is 5. The largest absolute Gasteiger partial charge is 0.339 e. The molecule has 8 nitrogen and oxygen atoms in total. The summed E-state index contributed by atoms with van der Waals surface area (Å²) in [5, 5.41) is 11.2. The number of hydrogen-bond acceptors (Lipinski definition) is 6. The zero-order valence-corrected chi connectivity index (χ0v) is 15.3. The first kappa shape index (κ1) is 17.8. The van der Waals surface area contributed by atoms with Gasteiger partial charge < -0.3 is 9.84 Å². The van der Waals surface area contributed by atoms with Crippen LogP contribution in [0, 0.1) is 5.92 Å². The SMILES string of the molecule is CC(C)Cc1cc(C(=O)NC(C)c2nc(-c3cccnc3)no2)n(C)n1. The van der Waals surface area contributed by atoms with Gasteiger partial charge >= 0.3 is 0 Å². The molecule has 1 unspecified atom stereocenters. The Morgan fingerprint density at radius 1 is 1.35 bits per heavy atom. The molecule has 0 aliphatic carbocycles. The predicted molar refractivity (Wildman–Crippen MR) is 95.2 cm³/mol. The normalized spacial score (nSPS) is 12.3. The number of carbonyl (C=O) groups is 1. The molecule has 8 heteroatoms. The number of carbonyl (C=O) groups excluding carboxylic acids is 1. The van der Waals surface area contributed by atoms with E-state index in [-0.39, 0.29) is 5.91 Å². The van der Waals surface area contributed by atoms with Gasteiger partial charge in [0, 0.05) is 25.0 Å². The highest BCUT2D eigenvalue weighted by Crippen LogP contribution is 2.18. The smallest absolute Gasteiger partial charge is 0.270 e. The molecule has 1 atom stereocenters. The molecule has 3 heterocycles. The van der Waals surface area contributed by atoms with Gasteiger partial charge in [0.25, 0.3) is 5.91 Å². The number of pyridine rings is 1. The van der Waals surface area contributed by atoms with E-state index in [1.54, 1.807) is 37.1 Å². The number of aryl methyl sites for hydroxylation is 1. The van der Waals surface area contributed by atoms with Gasteiger partial charge in [0.05, 0.1) is 5.69 Å². The number of nitrogens with one attached hydrogen (secondary N) is 1. The van der Waals surface area contributed by atoms with Crippen molar-refractivity contribution >= 4 is 5.91 Å². The van der Waals surface area contributed by atoms with Gasteiger partial charge in [-0.3, -0.25) is 14.5 Å². The summed E-state index contributed by atoms with van der Waals surface area (Å²) in [7, 11) is 1.76. The van der Waals surface area contributed by atoms with Crippen LogP contribution in [0.2, 0.25) is 0 Å². The number of rotatable bonds is 6. The number of amides is 1. The van der Waals surface area contributed by atoms with Crippen LogP contribution in [0.3, 0.4) is 0 Å². The minimum atomic E-state index is -0.427. The maximum Gasteiger partial charge on any atom is 0.270 e. The topological polar surface area (TPSA) is 98.7 Å². The predicted octanol–water partition coefficient (Wildman–Crippen LogP) is 2.55. The fourth-order valence-electron chi connectivity index (χ4n) is 2.61. The van der Waals surface area contributed by atoms with Gasteiger partial charge in [0.1, 0.15) is 11.7 Å². The maximum atomic E-state index is 12.6. The summed E-state index contributed by atoms with van der Waals surface area (Å²) >= 11 is 0. The third kappa shape index (κ3) is 3.96. The molecule has 3 aromatic heterocycles. The van der Waals surface area contributed by atoms with Crippen molar-refractivity contribution in [2.45, 2.75) is 33.2 Å². The van der Waals surface area contributed by atoms with Crippen LogP contribution in [-0.2, 0) is 13.5 Å². The van der Waals surface area contributed by atoms with Crippen LogP contribution in [0.15, 0.2) is 35.1 Å². The highest BCUT2D eigenvalue weighted by Gasteiger charge is 2.20. The van der Waals surface area contributed by atoms with E-state index >= 15 is 0 Å². The lowest BCUT2D eigenvalue weighted by molar-refractivity contribution is 0.0923. The molecule has 1 N–H and O–H groups in total. The zero-order valence-electron chi connectivity index (χ0n) is 15.3. The van der Waals surface area contributed by atoms with E-state index in [1.807, 2.05) is 12.1 Å². The Bertz CT molecular complexity index is 884. The molecule has 3 rings (SSSR count). The van der Waals surface area contributed by atoms with Crippen LogP contribution >= 0.6 is 0 Å². The van der Waals surface area contributed by atoms with Crippen LogP contribution in [0.4, 0.5) is 0 Å². The summed E-state index contributed by atoms with van der Waals surface area (Å²) in [5.41, 5.74) is 2.16. The van der Waals surface area contributed by atoms with Crippen molar-refractivity contribution < 1.29 is 9.32 Å². The third-order valence-corrected chi connectivity index (χ3v) is 3.86. The van der Waals surface area contributed by atoms with E-state index in [4.69, 9.17) is 4.52 Å². The van der Waals surface area contributed by atoms with Crippen molar-refractivity contribution in [3.8, 4) is 11.4 Å². The van der Waals surface area contributed by atoms with Gasteiger partial charge in [-0.15, -0.1) is 0 Å². The summed E-state index contributed by atoms with van der Waals surface area (Å²) < 4.78 is 6.87. The van der Waals surface area contributed by atoms with Crippen molar-refractivity contribution in [2.75, 3.05) is 0 Å². The van der Waals surface area contributed by atoms with Crippen molar-refractivity contribution in [2.24, 2.45) is 13.0 Å². The Kier molecular flexibility index (Phi) is 5.11. The molecule has 26 heavy (non-hydrogen) atoms.